The lowest BCUT2D eigenvalue weighted by Crippen LogP contribution is -2.17. The Kier molecular flexibility index (Phi) is 5.85. The van der Waals surface area contributed by atoms with Crippen molar-refractivity contribution in [3.63, 3.8) is 0 Å². The number of hydrogen-bond acceptors (Lipinski definition) is 2. The number of carbonyl (C=O) groups is 1. The predicted molar refractivity (Wildman–Crippen MR) is 79.7 cm³/mol. The second-order valence-electron chi connectivity index (χ2n) is 5.43. The highest BCUT2D eigenvalue weighted by Crippen LogP contribution is 2.30. The molecule has 0 heterocycles. The Labute approximate surface area is 123 Å². The Hall–Kier alpha value is -1.03. The number of carboxylic acid groups (broad SMARTS) is 1. The van der Waals surface area contributed by atoms with Crippen LogP contribution in [0.25, 0.3) is 0 Å². The van der Waals surface area contributed by atoms with Gasteiger partial charge in [0.25, 0.3) is 0 Å². The van der Waals surface area contributed by atoms with E-state index in [1.165, 1.54) is 5.56 Å². The number of ether oxygens (including phenoxy) is 1. The van der Waals surface area contributed by atoms with E-state index in [0.29, 0.717) is 6.61 Å². The molecule has 0 saturated heterocycles. The summed E-state index contributed by atoms with van der Waals surface area (Å²) in [5.41, 5.74) is 1.01. The third-order valence-corrected chi connectivity index (χ3v) is 3.64. The van der Waals surface area contributed by atoms with Crippen LogP contribution in [0.1, 0.15) is 39.2 Å². The first-order valence-electron chi connectivity index (χ1n) is 6.47. The van der Waals surface area contributed by atoms with Gasteiger partial charge in [-0.3, -0.25) is 4.79 Å². The third kappa shape index (κ3) is 5.64. The summed E-state index contributed by atoms with van der Waals surface area (Å²) < 4.78 is 6.41. The zero-order chi connectivity index (χ0) is 14.5. The summed E-state index contributed by atoms with van der Waals surface area (Å²) in [6.07, 6.45) is 1.91. The molecule has 0 aliphatic carbocycles. The zero-order valence-corrected chi connectivity index (χ0v) is 13.3. The summed E-state index contributed by atoms with van der Waals surface area (Å²) in [7, 11) is 0. The highest BCUT2D eigenvalue weighted by Gasteiger charge is 2.21. The molecule has 0 unspecified atom stereocenters. The molecule has 4 heteroatoms. The SMILES string of the molecule is CCOc1ccc(CCC(C)(C)CC(=O)O)cc1Br. The fourth-order valence-corrected chi connectivity index (χ4v) is 2.49. The molecule has 0 bridgehead atoms. The number of benzene rings is 1. The standard InChI is InChI=1S/C15H21BrO3/c1-4-19-13-6-5-11(9-12(13)16)7-8-15(2,3)10-14(17)18/h5-6,9H,4,7-8,10H2,1-3H3,(H,17,18). The topological polar surface area (TPSA) is 46.5 Å². The van der Waals surface area contributed by atoms with Gasteiger partial charge in [-0.05, 0) is 58.8 Å². The van der Waals surface area contributed by atoms with Gasteiger partial charge in [-0.1, -0.05) is 19.9 Å². The minimum absolute atomic E-state index is 0.184. The van der Waals surface area contributed by atoms with Gasteiger partial charge in [0.05, 0.1) is 17.5 Å². The summed E-state index contributed by atoms with van der Waals surface area (Å²) >= 11 is 3.49. The maximum absolute atomic E-state index is 10.8. The van der Waals surface area contributed by atoms with E-state index in [-0.39, 0.29) is 11.8 Å². The van der Waals surface area contributed by atoms with Crippen molar-refractivity contribution in [2.75, 3.05) is 6.61 Å². The average molecular weight is 329 g/mol. The molecule has 0 radical (unpaired) electrons. The molecular weight excluding hydrogens is 308 g/mol. The molecule has 0 saturated carbocycles. The van der Waals surface area contributed by atoms with Crippen LogP contribution in [0, 0.1) is 5.41 Å². The first kappa shape index (κ1) is 16.0. The van der Waals surface area contributed by atoms with E-state index in [0.717, 1.165) is 23.1 Å². The van der Waals surface area contributed by atoms with Gasteiger partial charge in [0.1, 0.15) is 5.75 Å². The van der Waals surface area contributed by atoms with Crippen molar-refractivity contribution in [3.8, 4) is 5.75 Å². The summed E-state index contributed by atoms with van der Waals surface area (Å²) in [4.78, 5) is 10.8. The molecule has 19 heavy (non-hydrogen) atoms. The Morgan fingerprint density at radius 1 is 1.42 bits per heavy atom. The summed E-state index contributed by atoms with van der Waals surface area (Å²) in [5.74, 6) is 0.105. The fraction of sp³-hybridized carbons (Fsp3) is 0.533. The van der Waals surface area contributed by atoms with Gasteiger partial charge >= 0.3 is 5.97 Å². The highest BCUT2D eigenvalue weighted by molar-refractivity contribution is 9.10. The van der Waals surface area contributed by atoms with Crippen molar-refractivity contribution < 1.29 is 14.6 Å². The molecule has 0 aromatic heterocycles. The van der Waals surface area contributed by atoms with Crippen molar-refractivity contribution in [1.82, 2.24) is 0 Å². The number of hydrogen-bond donors (Lipinski definition) is 1. The van der Waals surface area contributed by atoms with Crippen LogP contribution in [0.3, 0.4) is 0 Å². The number of rotatable bonds is 7. The minimum Gasteiger partial charge on any atom is -0.493 e. The molecule has 0 aliphatic rings. The first-order valence-corrected chi connectivity index (χ1v) is 7.26. The van der Waals surface area contributed by atoms with Crippen LogP contribution in [0.15, 0.2) is 22.7 Å². The lowest BCUT2D eigenvalue weighted by atomic mass is 9.83. The van der Waals surface area contributed by atoms with Crippen molar-refractivity contribution in [2.24, 2.45) is 5.41 Å². The van der Waals surface area contributed by atoms with Crippen LogP contribution < -0.4 is 4.74 Å². The van der Waals surface area contributed by atoms with Gasteiger partial charge in [-0.2, -0.15) is 0 Å². The Balaban J connectivity index is 2.63. The third-order valence-electron chi connectivity index (χ3n) is 3.02. The molecule has 0 aliphatic heterocycles. The van der Waals surface area contributed by atoms with Gasteiger partial charge in [0.15, 0.2) is 0 Å². The predicted octanol–water partition coefficient (Wildman–Crippen LogP) is 4.28. The van der Waals surface area contributed by atoms with E-state index < -0.39 is 5.97 Å². The quantitative estimate of drug-likeness (QED) is 0.812. The van der Waals surface area contributed by atoms with Crippen LogP contribution in [0.5, 0.6) is 5.75 Å². The Bertz CT molecular complexity index is 441. The molecule has 1 rings (SSSR count). The van der Waals surface area contributed by atoms with Gasteiger partial charge in [-0.25, -0.2) is 0 Å². The van der Waals surface area contributed by atoms with Crippen molar-refractivity contribution in [3.05, 3.63) is 28.2 Å². The second-order valence-corrected chi connectivity index (χ2v) is 6.29. The van der Waals surface area contributed by atoms with Crippen molar-refractivity contribution in [2.45, 2.75) is 40.0 Å². The van der Waals surface area contributed by atoms with Crippen LogP contribution in [-0.2, 0) is 11.2 Å². The number of aliphatic carboxylic acids is 1. The van der Waals surface area contributed by atoms with E-state index >= 15 is 0 Å². The lowest BCUT2D eigenvalue weighted by Gasteiger charge is -2.22. The Morgan fingerprint density at radius 3 is 2.63 bits per heavy atom. The second kappa shape index (κ2) is 6.94. The first-order chi connectivity index (χ1) is 8.84. The lowest BCUT2D eigenvalue weighted by molar-refractivity contribution is -0.139. The average Bonchev–Trinajstić information content (AvgIpc) is 2.28. The summed E-state index contributed by atoms with van der Waals surface area (Å²) in [6, 6.07) is 6.03. The Morgan fingerprint density at radius 2 is 2.11 bits per heavy atom. The van der Waals surface area contributed by atoms with Gasteiger partial charge < -0.3 is 9.84 Å². The fourth-order valence-electron chi connectivity index (χ4n) is 1.95. The van der Waals surface area contributed by atoms with Gasteiger partial charge in [-0.15, -0.1) is 0 Å². The van der Waals surface area contributed by atoms with Crippen LogP contribution in [0.2, 0.25) is 0 Å². The van der Waals surface area contributed by atoms with Gasteiger partial charge in [0.2, 0.25) is 0 Å². The van der Waals surface area contributed by atoms with E-state index in [1.54, 1.807) is 0 Å². The molecule has 0 fully saturated rings. The molecular formula is C15H21BrO3. The van der Waals surface area contributed by atoms with E-state index in [4.69, 9.17) is 9.84 Å². The number of halogens is 1. The molecule has 0 atom stereocenters. The number of carboxylic acids is 1. The molecule has 106 valence electrons. The smallest absolute Gasteiger partial charge is 0.303 e. The van der Waals surface area contributed by atoms with Crippen LogP contribution in [-0.4, -0.2) is 17.7 Å². The highest BCUT2D eigenvalue weighted by atomic mass is 79.9. The maximum atomic E-state index is 10.8. The van der Waals surface area contributed by atoms with Crippen LogP contribution >= 0.6 is 15.9 Å². The number of aryl methyl sites for hydroxylation is 1. The molecule has 0 spiro atoms. The normalized spacial score (nSPS) is 11.4. The van der Waals surface area contributed by atoms with E-state index in [2.05, 4.69) is 15.9 Å². The van der Waals surface area contributed by atoms with E-state index in [1.807, 2.05) is 39.0 Å². The van der Waals surface area contributed by atoms with Crippen molar-refractivity contribution >= 4 is 21.9 Å². The molecule has 1 aromatic rings. The molecule has 0 amide bonds. The maximum Gasteiger partial charge on any atom is 0.303 e. The molecule has 3 nitrogen and oxygen atoms in total. The van der Waals surface area contributed by atoms with Crippen molar-refractivity contribution in [1.29, 1.82) is 0 Å². The van der Waals surface area contributed by atoms with E-state index in [9.17, 15) is 4.79 Å². The minimum atomic E-state index is -0.738. The summed E-state index contributed by atoms with van der Waals surface area (Å²) in [6.45, 7) is 6.58. The monoisotopic (exact) mass is 328 g/mol. The largest absolute Gasteiger partial charge is 0.493 e. The molecule has 1 N–H and O–H groups in total. The molecule has 1 aromatic carbocycles. The zero-order valence-electron chi connectivity index (χ0n) is 11.7. The summed E-state index contributed by atoms with van der Waals surface area (Å²) in [5, 5.41) is 8.86. The van der Waals surface area contributed by atoms with Crippen LogP contribution in [0.4, 0.5) is 0 Å². The van der Waals surface area contributed by atoms with Gasteiger partial charge in [0, 0.05) is 0 Å².